The largest absolute Gasteiger partial charge is 0.339 e. The van der Waals surface area contributed by atoms with Gasteiger partial charge in [0.25, 0.3) is 0 Å². The van der Waals surface area contributed by atoms with Crippen molar-refractivity contribution in [1.82, 2.24) is 4.90 Å². The summed E-state index contributed by atoms with van der Waals surface area (Å²) in [5.41, 5.74) is 3.37. The van der Waals surface area contributed by atoms with E-state index in [1.165, 1.54) is 5.56 Å². The van der Waals surface area contributed by atoms with E-state index in [2.05, 4.69) is 25.6 Å². The summed E-state index contributed by atoms with van der Waals surface area (Å²) in [7, 11) is 0. The second kappa shape index (κ2) is 7.33. The highest BCUT2D eigenvalue weighted by molar-refractivity contribution is 5.86. The zero-order valence-electron chi connectivity index (χ0n) is 14.6. The predicted octanol–water partition coefficient (Wildman–Crippen LogP) is 4.15. The van der Waals surface area contributed by atoms with Crippen LogP contribution in [0.5, 0.6) is 0 Å². The Bertz CT molecular complexity index is 649. The topological polar surface area (TPSA) is 37.4 Å². The Morgan fingerprint density at radius 1 is 1.21 bits per heavy atom. The van der Waals surface area contributed by atoms with Gasteiger partial charge in [0.05, 0.1) is 0 Å². The summed E-state index contributed by atoms with van der Waals surface area (Å²) >= 11 is 0. The molecular weight excluding hydrogens is 298 g/mol. The third-order valence-corrected chi connectivity index (χ3v) is 5.63. The third kappa shape index (κ3) is 3.45. The van der Waals surface area contributed by atoms with Crippen LogP contribution in [0.4, 0.5) is 0 Å². The molecule has 1 aromatic rings. The molecule has 1 aliphatic heterocycles. The van der Waals surface area contributed by atoms with Crippen LogP contribution >= 0.6 is 0 Å². The van der Waals surface area contributed by atoms with Crippen molar-refractivity contribution in [3.63, 3.8) is 0 Å². The molecule has 1 saturated carbocycles. The van der Waals surface area contributed by atoms with Crippen LogP contribution in [0.3, 0.4) is 0 Å². The smallest absolute Gasteiger partial charge is 0.223 e. The number of hydrogen-bond donors (Lipinski definition) is 0. The average molecular weight is 325 g/mol. The summed E-state index contributed by atoms with van der Waals surface area (Å²) in [5, 5.41) is 0. The molecule has 0 N–H and O–H groups in total. The number of amides is 1. The number of allylic oxidation sites excluding steroid dienone is 1. The summed E-state index contributed by atoms with van der Waals surface area (Å²) in [4.78, 5) is 26.9. The Labute approximate surface area is 144 Å². The Balaban J connectivity index is 1.61. The zero-order chi connectivity index (χ0) is 17.1. The summed E-state index contributed by atoms with van der Waals surface area (Å²) in [6, 6.07) is 8.33. The Morgan fingerprint density at radius 3 is 2.75 bits per heavy atom. The van der Waals surface area contributed by atoms with E-state index in [0.29, 0.717) is 31.6 Å². The fourth-order valence-electron chi connectivity index (χ4n) is 4.26. The van der Waals surface area contributed by atoms with Crippen molar-refractivity contribution < 1.29 is 9.59 Å². The molecule has 2 aliphatic rings. The first kappa shape index (κ1) is 16.9. The maximum absolute atomic E-state index is 12.8. The molecule has 3 heteroatoms. The summed E-state index contributed by atoms with van der Waals surface area (Å²) in [6.07, 6.45) is 5.92. The number of Topliss-reactive ketones (excluding diaryl/α,β-unsaturated/α-hetero) is 1. The van der Waals surface area contributed by atoms with Gasteiger partial charge in [-0.3, -0.25) is 9.59 Å². The van der Waals surface area contributed by atoms with Crippen molar-refractivity contribution in [3.8, 4) is 0 Å². The van der Waals surface area contributed by atoms with E-state index in [0.717, 1.165) is 36.8 Å². The molecule has 3 nitrogen and oxygen atoms in total. The van der Waals surface area contributed by atoms with Gasteiger partial charge in [-0.15, -0.1) is 0 Å². The van der Waals surface area contributed by atoms with Crippen LogP contribution in [0.25, 0.3) is 5.57 Å². The van der Waals surface area contributed by atoms with Crippen LogP contribution in [0, 0.1) is 12.8 Å². The molecular formula is C21H27NO2. The standard InChI is InChI=1S/C21H27NO2/c1-15-7-3-4-8-17(15)16(2)11-12-21(24)22-14-13-20(23)18-9-5-6-10-19(18)22/h3-4,7-8,18-19H,2,5-6,9-14H2,1H3. The molecule has 0 bridgehead atoms. The quantitative estimate of drug-likeness (QED) is 0.834. The van der Waals surface area contributed by atoms with Gasteiger partial charge in [-0.1, -0.05) is 43.7 Å². The fourth-order valence-corrected chi connectivity index (χ4v) is 4.26. The Kier molecular flexibility index (Phi) is 5.17. The fraction of sp³-hybridized carbons (Fsp3) is 0.524. The van der Waals surface area contributed by atoms with Gasteiger partial charge in [-0.25, -0.2) is 0 Å². The first-order valence-corrected chi connectivity index (χ1v) is 9.14. The number of nitrogens with zero attached hydrogens (tertiary/aromatic N) is 1. The second-order valence-corrected chi connectivity index (χ2v) is 7.18. The minimum Gasteiger partial charge on any atom is -0.339 e. The molecule has 2 fully saturated rings. The Morgan fingerprint density at radius 2 is 1.96 bits per heavy atom. The SMILES string of the molecule is C=C(CCC(=O)N1CCC(=O)C2CCCCC21)c1ccccc1C. The molecule has 1 saturated heterocycles. The molecule has 2 atom stereocenters. The van der Waals surface area contributed by atoms with Crippen molar-refractivity contribution in [2.45, 2.75) is 57.9 Å². The van der Waals surface area contributed by atoms with Gasteiger partial charge in [-0.2, -0.15) is 0 Å². The number of aryl methyl sites for hydroxylation is 1. The lowest BCUT2D eigenvalue weighted by molar-refractivity contribution is -0.143. The number of carbonyl (C=O) groups excluding carboxylic acids is 2. The normalized spacial score (nSPS) is 23.7. The molecule has 24 heavy (non-hydrogen) atoms. The number of rotatable bonds is 4. The number of ketones is 1. The monoisotopic (exact) mass is 325 g/mol. The van der Waals surface area contributed by atoms with Gasteiger partial charge in [0, 0.05) is 31.3 Å². The summed E-state index contributed by atoms with van der Waals surface area (Å²) < 4.78 is 0. The number of benzene rings is 1. The van der Waals surface area contributed by atoms with Gasteiger partial charge in [0.2, 0.25) is 5.91 Å². The predicted molar refractivity (Wildman–Crippen MR) is 96.5 cm³/mol. The second-order valence-electron chi connectivity index (χ2n) is 7.18. The van der Waals surface area contributed by atoms with Gasteiger partial charge in [-0.05, 0) is 42.9 Å². The molecule has 1 heterocycles. The van der Waals surface area contributed by atoms with Crippen molar-refractivity contribution in [1.29, 1.82) is 0 Å². The highest BCUT2D eigenvalue weighted by Gasteiger charge is 2.40. The van der Waals surface area contributed by atoms with Gasteiger partial charge < -0.3 is 4.90 Å². The Hall–Kier alpha value is -1.90. The number of likely N-dealkylation sites (tertiary alicyclic amines) is 1. The van der Waals surface area contributed by atoms with Crippen LogP contribution in [0.1, 0.15) is 56.1 Å². The molecule has 1 aliphatic carbocycles. The zero-order valence-corrected chi connectivity index (χ0v) is 14.6. The lowest BCUT2D eigenvalue weighted by Gasteiger charge is -2.43. The van der Waals surface area contributed by atoms with E-state index in [4.69, 9.17) is 0 Å². The number of fused-ring (bicyclic) bond motifs is 1. The minimum atomic E-state index is 0.0935. The lowest BCUT2D eigenvalue weighted by Crippen LogP contribution is -2.53. The highest BCUT2D eigenvalue weighted by Crippen LogP contribution is 2.34. The molecule has 1 amide bonds. The van der Waals surface area contributed by atoms with Crippen molar-refractivity contribution in [2.75, 3.05) is 6.54 Å². The first-order valence-electron chi connectivity index (χ1n) is 9.14. The molecule has 1 aromatic carbocycles. The third-order valence-electron chi connectivity index (χ3n) is 5.63. The van der Waals surface area contributed by atoms with Crippen LogP contribution in [-0.4, -0.2) is 29.2 Å². The minimum absolute atomic E-state index is 0.0935. The molecule has 2 unspecified atom stereocenters. The van der Waals surface area contributed by atoms with Crippen molar-refractivity contribution >= 4 is 17.3 Å². The number of hydrogen-bond acceptors (Lipinski definition) is 2. The molecule has 3 rings (SSSR count). The lowest BCUT2D eigenvalue weighted by atomic mass is 9.77. The van der Waals surface area contributed by atoms with Gasteiger partial charge in [0.1, 0.15) is 5.78 Å². The maximum atomic E-state index is 12.8. The molecule has 0 spiro atoms. The van der Waals surface area contributed by atoms with Crippen molar-refractivity contribution in [2.24, 2.45) is 5.92 Å². The van der Waals surface area contributed by atoms with E-state index < -0.39 is 0 Å². The van der Waals surface area contributed by atoms with Crippen LogP contribution in [-0.2, 0) is 9.59 Å². The van der Waals surface area contributed by atoms with E-state index in [1.54, 1.807) is 0 Å². The van der Waals surface area contributed by atoms with Gasteiger partial charge >= 0.3 is 0 Å². The van der Waals surface area contributed by atoms with Crippen LogP contribution < -0.4 is 0 Å². The average Bonchev–Trinajstić information content (AvgIpc) is 2.60. The van der Waals surface area contributed by atoms with E-state index >= 15 is 0 Å². The van der Waals surface area contributed by atoms with E-state index in [-0.39, 0.29) is 17.9 Å². The van der Waals surface area contributed by atoms with Crippen LogP contribution in [0.15, 0.2) is 30.8 Å². The first-order chi connectivity index (χ1) is 11.6. The van der Waals surface area contributed by atoms with Crippen molar-refractivity contribution in [3.05, 3.63) is 42.0 Å². The van der Waals surface area contributed by atoms with Gasteiger partial charge in [0.15, 0.2) is 0 Å². The van der Waals surface area contributed by atoms with E-state index in [1.807, 2.05) is 17.0 Å². The highest BCUT2D eigenvalue weighted by atomic mass is 16.2. The molecule has 128 valence electrons. The number of carbonyl (C=O) groups is 2. The summed E-state index contributed by atoms with van der Waals surface area (Å²) in [5.74, 6) is 0.651. The van der Waals surface area contributed by atoms with E-state index in [9.17, 15) is 9.59 Å². The maximum Gasteiger partial charge on any atom is 0.223 e. The van der Waals surface area contributed by atoms with Crippen LogP contribution in [0.2, 0.25) is 0 Å². The number of piperidine rings is 1. The molecule has 0 radical (unpaired) electrons. The summed E-state index contributed by atoms with van der Waals surface area (Å²) in [6.45, 7) is 6.85. The molecule has 0 aromatic heterocycles.